The molecule has 1 aliphatic rings. The molecule has 0 heterocycles. The van der Waals surface area contributed by atoms with E-state index >= 15 is 0 Å². The number of carbonyl (C=O) groups excluding carboxylic acids is 1. The van der Waals surface area contributed by atoms with E-state index in [1.165, 1.54) is 0 Å². The molecule has 0 saturated heterocycles. The zero-order valence-corrected chi connectivity index (χ0v) is 8.25. The van der Waals surface area contributed by atoms with Crippen LogP contribution >= 0.6 is 0 Å². The summed E-state index contributed by atoms with van der Waals surface area (Å²) >= 11 is 0. The first kappa shape index (κ1) is 10.5. The second kappa shape index (κ2) is 5.22. The largest absolute Gasteiger partial charge is 0.393 e. The van der Waals surface area contributed by atoms with Crippen molar-refractivity contribution in [1.29, 1.82) is 0 Å². The zero-order valence-electron chi connectivity index (χ0n) is 8.25. The first-order valence-corrected chi connectivity index (χ1v) is 5.18. The summed E-state index contributed by atoms with van der Waals surface area (Å²) in [7, 11) is 0. The third-order valence-corrected chi connectivity index (χ3v) is 2.69. The molecule has 1 amide bonds. The van der Waals surface area contributed by atoms with E-state index in [0.717, 1.165) is 25.7 Å². The van der Waals surface area contributed by atoms with E-state index in [9.17, 15) is 9.90 Å². The fourth-order valence-corrected chi connectivity index (χ4v) is 1.93. The molecular formula is C10H19NO2. The molecule has 2 N–H and O–H groups in total. The van der Waals surface area contributed by atoms with Gasteiger partial charge in [-0.15, -0.1) is 0 Å². The topological polar surface area (TPSA) is 49.3 Å². The van der Waals surface area contributed by atoms with Gasteiger partial charge in [-0.05, 0) is 25.7 Å². The molecule has 1 fully saturated rings. The summed E-state index contributed by atoms with van der Waals surface area (Å²) < 4.78 is 0. The molecule has 1 saturated carbocycles. The second-order valence-electron chi connectivity index (χ2n) is 3.77. The van der Waals surface area contributed by atoms with Gasteiger partial charge in [0.05, 0.1) is 6.10 Å². The van der Waals surface area contributed by atoms with Crippen molar-refractivity contribution in [2.45, 2.75) is 45.1 Å². The summed E-state index contributed by atoms with van der Waals surface area (Å²) in [5.74, 6) is 0.272. The summed E-state index contributed by atoms with van der Waals surface area (Å²) in [6, 6.07) is 0. The van der Waals surface area contributed by atoms with Crippen LogP contribution in [-0.2, 0) is 4.79 Å². The number of amides is 1. The van der Waals surface area contributed by atoms with Gasteiger partial charge < -0.3 is 10.4 Å². The van der Waals surface area contributed by atoms with Crippen molar-refractivity contribution in [2.75, 3.05) is 6.54 Å². The second-order valence-corrected chi connectivity index (χ2v) is 3.77. The van der Waals surface area contributed by atoms with Crippen LogP contribution in [0.15, 0.2) is 0 Å². The number of rotatable bonds is 3. The Morgan fingerprint density at radius 1 is 1.46 bits per heavy atom. The highest BCUT2D eigenvalue weighted by Gasteiger charge is 2.24. The lowest BCUT2D eigenvalue weighted by Gasteiger charge is -2.26. The van der Waals surface area contributed by atoms with Gasteiger partial charge in [-0.25, -0.2) is 0 Å². The molecule has 1 rings (SSSR count). The molecule has 0 aromatic heterocycles. The van der Waals surface area contributed by atoms with Crippen LogP contribution in [0.25, 0.3) is 0 Å². The molecule has 1 unspecified atom stereocenters. The van der Waals surface area contributed by atoms with Crippen LogP contribution in [0.4, 0.5) is 0 Å². The van der Waals surface area contributed by atoms with Gasteiger partial charge in [-0.3, -0.25) is 4.79 Å². The summed E-state index contributed by atoms with van der Waals surface area (Å²) in [6.45, 7) is 2.59. The molecule has 0 aromatic carbocycles. The van der Waals surface area contributed by atoms with Crippen LogP contribution in [0.3, 0.4) is 0 Å². The number of aliphatic hydroxyl groups is 1. The van der Waals surface area contributed by atoms with Crippen molar-refractivity contribution in [3.8, 4) is 0 Å². The molecular weight excluding hydrogens is 166 g/mol. The molecule has 3 heteroatoms. The number of hydrogen-bond acceptors (Lipinski definition) is 2. The fourth-order valence-electron chi connectivity index (χ4n) is 1.93. The maximum absolute atomic E-state index is 11.2. The van der Waals surface area contributed by atoms with Crippen molar-refractivity contribution in [3.63, 3.8) is 0 Å². The molecule has 76 valence electrons. The number of hydrogen-bond donors (Lipinski definition) is 2. The van der Waals surface area contributed by atoms with Crippen LogP contribution in [0.5, 0.6) is 0 Å². The van der Waals surface area contributed by atoms with E-state index in [1.807, 2.05) is 6.92 Å². The lowest BCUT2D eigenvalue weighted by molar-refractivity contribution is -0.123. The highest BCUT2D eigenvalue weighted by Crippen LogP contribution is 2.26. The Bertz CT molecular complexity index is 170. The molecule has 2 atom stereocenters. The molecule has 13 heavy (non-hydrogen) atoms. The van der Waals surface area contributed by atoms with Crippen LogP contribution in [-0.4, -0.2) is 23.7 Å². The summed E-state index contributed by atoms with van der Waals surface area (Å²) in [5.41, 5.74) is 0. The predicted octanol–water partition coefficient (Wildman–Crippen LogP) is 1.06. The van der Waals surface area contributed by atoms with Gasteiger partial charge in [0.15, 0.2) is 0 Å². The van der Waals surface area contributed by atoms with Crippen molar-refractivity contribution in [1.82, 2.24) is 5.32 Å². The Morgan fingerprint density at radius 2 is 2.15 bits per heavy atom. The van der Waals surface area contributed by atoms with E-state index in [1.54, 1.807) is 0 Å². The molecule has 0 bridgehead atoms. The van der Waals surface area contributed by atoms with Gasteiger partial charge in [-0.1, -0.05) is 12.8 Å². The van der Waals surface area contributed by atoms with Crippen molar-refractivity contribution >= 4 is 5.91 Å². The Labute approximate surface area is 79.5 Å². The Kier molecular flexibility index (Phi) is 4.22. The van der Waals surface area contributed by atoms with E-state index in [-0.39, 0.29) is 17.9 Å². The highest BCUT2D eigenvalue weighted by molar-refractivity contribution is 5.76. The summed E-state index contributed by atoms with van der Waals surface area (Å²) in [5, 5.41) is 12.4. The van der Waals surface area contributed by atoms with Gasteiger partial charge in [0, 0.05) is 13.0 Å². The van der Waals surface area contributed by atoms with E-state index in [4.69, 9.17) is 0 Å². The summed E-state index contributed by atoms with van der Waals surface area (Å²) in [4.78, 5) is 11.2. The maximum atomic E-state index is 11.2. The molecule has 1 aliphatic carbocycles. The first-order valence-electron chi connectivity index (χ1n) is 5.18. The maximum Gasteiger partial charge on any atom is 0.220 e. The Hall–Kier alpha value is -0.570. The minimum atomic E-state index is -0.253. The summed E-state index contributed by atoms with van der Waals surface area (Å²) in [6.07, 6.45) is 4.36. The average molecular weight is 185 g/mol. The van der Waals surface area contributed by atoms with Crippen molar-refractivity contribution in [2.24, 2.45) is 5.92 Å². The van der Waals surface area contributed by atoms with Gasteiger partial charge in [-0.2, -0.15) is 0 Å². The average Bonchev–Trinajstić information content (AvgIpc) is 2.09. The van der Waals surface area contributed by atoms with E-state index < -0.39 is 0 Å². The van der Waals surface area contributed by atoms with Crippen molar-refractivity contribution in [3.05, 3.63) is 0 Å². The monoisotopic (exact) mass is 185 g/mol. The lowest BCUT2D eigenvalue weighted by Crippen LogP contribution is -2.31. The van der Waals surface area contributed by atoms with Crippen LogP contribution < -0.4 is 5.32 Å². The number of nitrogens with one attached hydrogen (secondary N) is 1. The van der Waals surface area contributed by atoms with E-state index in [0.29, 0.717) is 13.0 Å². The van der Waals surface area contributed by atoms with Crippen LogP contribution in [0.1, 0.15) is 39.0 Å². The van der Waals surface area contributed by atoms with Gasteiger partial charge in [0.25, 0.3) is 0 Å². The molecule has 0 aliphatic heterocycles. The zero-order chi connectivity index (χ0) is 9.68. The molecule has 0 spiro atoms. The molecule has 0 aromatic rings. The third-order valence-electron chi connectivity index (χ3n) is 2.69. The van der Waals surface area contributed by atoms with E-state index in [2.05, 4.69) is 5.32 Å². The standard InChI is InChI=1S/C10H19NO2/c1-2-11-10(13)7-8-5-3-4-6-9(8)12/h8-9,12H,2-7H2,1H3,(H,11,13)/t8?,9-/m1/s1. The number of carbonyl (C=O) groups is 1. The third kappa shape index (κ3) is 3.35. The fraction of sp³-hybridized carbons (Fsp3) is 0.900. The first-order chi connectivity index (χ1) is 6.24. The quantitative estimate of drug-likeness (QED) is 0.691. The Morgan fingerprint density at radius 3 is 2.77 bits per heavy atom. The van der Waals surface area contributed by atoms with Gasteiger partial charge >= 0.3 is 0 Å². The van der Waals surface area contributed by atoms with Crippen molar-refractivity contribution < 1.29 is 9.90 Å². The minimum absolute atomic E-state index is 0.0773. The lowest BCUT2D eigenvalue weighted by atomic mass is 9.84. The number of aliphatic hydroxyl groups excluding tert-OH is 1. The Balaban J connectivity index is 2.29. The van der Waals surface area contributed by atoms with Crippen LogP contribution in [0, 0.1) is 5.92 Å². The smallest absolute Gasteiger partial charge is 0.220 e. The molecule has 0 radical (unpaired) electrons. The SMILES string of the molecule is CCNC(=O)CC1CCCC[C@H]1O. The highest BCUT2D eigenvalue weighted by atomic mass is 16.3. The normalized spacial score (nSPS) is 28.5. The van der Waals surface area contributed by atoms with Gasteiger partial charge in [0.2, 0.25) is 5.91 Å². The predicted molar refractivity (Wildman–Crippen MR) is 51.3 cm³/mol. The van der Waals surface area contributed by atoms with Crippen LogP contribution in [0.2, 0.25) is 0 Å². The van der Waals surface area contributed by atoms with Gasteiger partial charge in [0.1, 0.15) is 0 Å². The molecule has 3 nitrogen and oxygen atoms in total. The minimum Gasteiger partial charge on any atom is -0.393 e.